The van der Waals surface area contributed by atoms with Crippen LogP contribution in [0.2, 0.25) is 0 Å². The second-order valence-corrected chi connectivity index (χ2v) is 5.27. The van der Waals surface area contributed by atoms with Crippen LogP contribution in [0.5, 0.6) is 0 Å². The summed E-state index contributed by atoms with van der Waals surface area (Å²) in [6.07, 6.45) is 1.50. The molecule has 1 amide bonds. The summed E-state index contributed by atoms with van der Waals surface area (Å²) in [6, 6.07) is 10.5. The molecule has 4 heteroatoms. The number of carbonyl (C=O) groups is 1. The largest absolute Gasteiger partial charge is 0.379 e. The zero-order valence-electron chi connectivity index (χ0n) is 11.1. The van der Waals surface area contributed by atoms with Crippen molar-refractivity contribution >= 4 is 5.91 Å². The number of rotatable bonds is 2. The molecule has 0 unspecified atom stereocenters. The van der Waals surface area contributed by atoms with Crippen molar-refractivity contribution in [2.45, 2.75) is 18.4 Å². The summed E-state index contributed by atoms with van der Waals surface area (Å²) >= 11 is 0. The lowest BCUT2D eigenvalue weighted by atomic mass is 9.81. The van der Waals surface area contributed by atoms with Crippen molar-refractivity contribution in [1.29, 1.82) is 0 Å². The Hall–Kier alpha value is -1.39. The van der Waals surface area contributed by atoms with Crippen LogP contribution < -0.4 is 5.32 Å². The summed E-state index contributed by atoms with van der Waals surface area (Å²) in [5, 5.41) is 3.05. The number of nitrogens with zero attached hydrogens (tertiary/aromatic N) is 1. The van der Waals surface area contributed by atoms with E-state index in [0.29, 0.717) is 13.0 Å². The van der Waals surface area contributed by atoms with Gasteiger partial charge in [0.15, 0.2) is 0 Å². The van der Waals surface area contributed by atoms with E-state index < -0.39 is 0 Å². The first kappa shape index (κ1) is 12.6. The molecule has 2 aliphatic rings. The molecule has 0 bridgehead atoms. The molecule has 2 fully saturated rings. The van der Waals surface area contributed by atoms with E-state index >= 15 is 0 Å². The normalized spacial score (nSPS) is 28.9. The van der Waals surface area contributed by atoms with Crippen molar-refractivity contribution in [3.05, 3.63) is 35.9 Å². The number of hydrogen-bond donors (Lipinski definition) is 1. The van der Waals surface area contributed by atoms with Gasteiger partial charge in [-0.15, -0.1) is 0 Å². The van der Waals surface area contributed by atoms with Crippen LogP contribution in [0.1, 0.15) is 18.4 Å². The van der Waals surface area contributed by atoms with Crippen molar-refractivity contribution in [2.75, 3.05) is 32.8 Å². The van der Waals surface area contributed by atoms with E-state index in [0.717, 1.165) is 32.7 Å². The smallest absolute Gasteiger partial charge is 0.220 e. The second-order valence-electron chi connectivity index (χ2n) is 5.27. The average molecular weight is 260 g/mol. The number of amides is 1. The lowest BCUT2D eigenvalue weighted by Gasteiger charge is -2.48. The maximum atomic E-state index is 11.5. The monoisotopic (exact) mass is 260 g/mol. The fourth-order valence-corrected chi connectivity index (χ4v) is 3.18. The molecule has 2 heterocycles. The number of morpholine rings is 1. The molecule has 1 atom stereocenters. The van der Waals surface area contributed by atoms with Crippen LogP contribution in [0.4, 0.5) is 0 Å². The molecule has 1 aromatic carbocycles. The van der Waals surface area contributed by atoms with Gasteiger partial charge < -0.3 is 10.1 Å². The lowest BCUT2D eigenvalue weighted by molar-refractivity contribution is -0.126. The fraction of sp³-hybridized carbons (Fsp3) is 0.533. The number of hydrogen-bond acceptors (Lipinski definition) is 3. The molecule has 2 aliphatic heterocycles. The van der Waals surface area contributed by atoms with Crippen molar-refractivity contribution < 1.29 is 9.53 Å². The zero-order chi connectivity index (χ0) is 13.1. The molecule has 102 valence electrons. The molecule has 0 aromatic heterocycles. The fourth-order valence-electron chi connectivity index (χ4n) is 3.18. The zero-order valence-corrected chi connectivity index (χ0v) is 11.1. The van der Waals surface area contributed by atoms with E-state index in [-0.39, 0.29) is 11.4 Å². The Balaban J connectivity index is 1.93. The highest BCUT2D eigenvalue weighted by atomic mass is 16.5. The maximum absolute atomic E-state index is 11.5. The van der Waals surface area contributed by atoms with Gasteiger partial charge >= 0.3 is 0 Å². The third-order valence-electron chi connectivity index (χ3n) is 4.27. The number of nitrogens with one attached hydrogen (secondary N) is 1. The van der Waals surface area contributed by atoms with Gasteiger partial charge in [-0.05, 0) is 12.0 Å². The van der Waals surface area contributed by atoms with Gasteiger partial charge in [0, 0.05) is 26.1 Å². The van der Waals surface area contributed by atoms with Crippen LogP contribution >= 0.6 is 0 Å². The Morgan fingerprint density at radius 3 is 2.53 bits per heavy atom. The third-order valence-corrected chi connectivity index (χ3v) is 4.27. The van der Waals surface area contributed by atoms with Crippen molar-refractivity contribution in [3.63, 3.8) is 0 Å². The number of piperidine rings is 1. The maximum Gasteiger partial charge on any atom is 0.220 e. The second kappa shape index (κ2) is 5.31. The SMILES string of the molecule is O=C1CC[C@@](c2ccccc2)(N2CCOCC2)CN1. The summed E-state index contributed by atoms with van der Waals surface area (Å²) in [6.45, 7) is 4.14. The molecule has 1 N–H and O–H groups in total. The Bertz CT molecular complexity index is 431. The van der Waals surface area contributed by atoms with E-state index in [9.17, 15) is 4.79 Å². The summed E-state index contributed by atoms with van der Waals surface area (Å²) in [5.41, 5.74) is 1.25. The van der Waals surface area contributed by atoms with E-state index in [1.807, 2.05) is 6.07 Å². The molecule has 0 spiro atoms. The van der Waals surface area contributed by atoms with E-state index in [1.54, 1.807) is 0 Å². The van der Waals surface area contributed by atoms with Crippen LogP contribution in [0.15, 0.2) is 30.3 Å². The highest BCUT2D eigenvalue weighted by Crippen LogP contribution is 2.35. The van der Waals surface area contributed by atoms with Gasteiger partial charge in [-0.2, -0.15) is 0 Å². The quantitative estimate of drug-likeness (QED) is 0.866. The molecular formula is C15H20N2O2. The molecule has 0 radical (unpaired) electrons. The third kappa shape index (κ3) is 2.38. The van der Waals surface area contributed by atoms with Gasteiger partial charge in [-0.1, -0.05) is 30.3 Å². The highest BCUT2D eigenvalue weighted by Gasteiger charge is 2.41. The minimum atomic E-state index is -0.0566. The Morgan fingerprint density at radius 2 is 1.89 bits per heavy atom. The van der Waals surface area contributed by atoms with Gasteiger partial charge in [0.25, 0.3) is 0 Å². The minimum Gasteiger partial charge on any atom is -0.379 e. The lowest BCUT2D eigenvalue weighted by Crippen LogP contribution is -2.59. The minimum absolute atomic E-state index is 0.0566. The average Bonchev–Trinajstić information content (AvgIpc) is 2.50. The summed E-state index contributed by atoms with van der Waals surface area (Å²) < 4.78 is 5.46. The van der Waals surface area contributed by atoms with Crippen molar-refractivity contribution in [2.24, 2.45) is 0 Å². The topological polar surface area (TPSA) is 41.6 Å². The van der Waals surface area contributed by atoms with Crippen LogP contribution in [-0.4, -0.2) is 43.7 Å². The van der Waals surface area contributed by atoms with Crippen LogP contribution in [0, 0.1) is 0 Å². The van der Waals surface area contributed by atoms with Gasteiger partial charge in [0.05, 0.1) is 18.8 Å². The van der Waals surface area contributed by atoms with Gasteiger partial charge in [-0.25, -0.2) is 0 Å². The number of benzene rings is 1. The summed E-state index contributed by atoms with van der Waals surface area (Å²) in [4.78, 5) is 14.0. The first-order valence-electron chi connectivity index (χ1n) is 6.96. The van der Waals surface area contributed by atoms with Crippen molar-refractivity contribution in [1.82, 2.24) is 10.2 Å². The molecular weight excluding hydrogens is 240 g/mol. The predicted octanol–water partition coefficient (Wildman–Crippen LogP) is 1.12. The molecule has 19 heavy (non-hydrogen) atoms. The first-order chi connectivity index (χ1) is 9.31. The number of ether oxygens (including phenoxy) is 1. The van der Waals surface area contributed by atoms with Gasteiger partial charge in [0.2, 0.25) is 5.91 Å². The molecule has 2 saturated heterocycles. The summed E-state index contributed by atoms with van der Waals surface area (Å²) in [7, 11) is 0. The molecule has 0 saturated carbocycles. The Kier molecular flexibility index (Phi) is 3.53. The first-order valence-corrected chi connectivity index (χ1v) is 6.96. The van der Waals surface area contributed by atoms with E-state index in [2.05, 4.69) is 34.5 Å². The predicted molar refractivity (Wildman–Crippen MR) is 72.8 cm³/mol. The van der Waals surface area contributed by atoms with Crippen LogP contribution in [0.3, 0.4) is 0 Å². The van der Waals surface area contributed by atoms with Gasteiger partial charge in [0.1, 0.15) is 0 Å². The Morgan fingerprint density at radius 1 is 1.16 bits per heavy atom. The standard InChI is InChI=1S/C15H20N2O2/c18-14-6-7-15(12-16-14,13-4-2-1-3-5-13)17-8-10-19-11-9-17/h1-5H,6-12H2,(H,16,18)/t15-/m1/s1. The van der Waals surface area contributed by atoms with Crippen LogP contribution in [-0.2, 0) is 15.1 Å². The number of carbonyl (C=O) groups excluding carboxylic acids is 1. The molecule has 1 aromatic rings. The van der Waals surface area contributed by atoms with Crippen molar-refractivity contribution in [3.8, 4) is 0 Å². The van der Waals surface area contributed by atoms with E-state index in [1.165, 1.54) is 5.56 Å². The molecule has 4 nitrogen and oxygen atoms in total. The highest BCUT2D eigenvalue weighted by molar-refractivity contribution is 5.77. The van der Waals surface area contributed by atoms with E-state index in [4.69, 9.17) is 4.74 Å². The van der Waals surface area contributed by atoms with Crippen LogP contribution in [0.25, 0.3) is 0 Å². The summed E-state index contributed by atoms with van der Waals surface area (Å²) in [5.74, 6) is 0.166. The molecule has 0 aliphatic carbocycles. The van der Waals surface area contributed by atoms with Gasteiger partial charge in [-0.3, -0.25) is 9.69 Å². The molecule has 3 rings (SSSR count). The Labute approximate surface area is 113 Å².